The van der Waals surface area contributed by atoms with Crippen LogP contribution in [0.25, 0.3) is 0 Å². The summed E-state index contributed by atoms with van der Waals surface area (Å²) in [5.41, 5.74) is 0. The van der Waals surface area contributed by atoms with Crippen LogP contribution in [0.2, 0.25) is 0 Å². The van der Waals surface area contributed by atoms with Crippen LogP contribution < -0.4 is 0 Å². The number of quaternary nitrogens is 1. The van der Waals surface area contributed by atoms with E-state index >= 15 is 0 Å². The first-order valence-corrected chi connectivity index (χ1v) is 10.1. The first-order valence-electron chi connectivity index (χ1n) is 10.1. The molecule has 0 spiro atoms. The lowest BCUT2D eigenvalue weighted by Gasteiger charge is -2.39. The van der Waals surface area contributed by atoms with Gasteiger partial charge in [-0.15, -0.1) is 0 Å². The van der Waals surface area contributed by atoms with Crippen molar-refractivity contribution in [3.8, 4) is 0 Å². The molecule has 0 rings (SSSR count). The van der Waals surface area contributed by atoms with E-state index < -0.39 is 0 Å². The van der Waals surface area contributed by atoms with Crippen LogP contribution in [-0.4, -0.2) is 36.1 Å². The van der Waals surface area contributed by atoms with Crippen LogP contribution in [0.5, 0.6) is 0 Å². The van der Waals surface area contributed by atoms with Crippen molar-refractivity contribution in [2.24, 2.45) is 0 Å². The first kappa shape index (κ1) is 24.2. The van der Waals surface area contributed by atoms with Crippen LogP contribution in [0.1, 0.15) is 105 Å². The van der Waals surface area contributed by atoms with Gasteiger partial charge in [0.25, 0.3) is 0 Å². The second-order valence-electron chi connectivity index (χ2n) is 7.06. The van der Waals surface area contributed by atoms with Gasteiger partial charge in [-0.1, -0.05) is 72.6 Å². The van der Waals surface area contributed by atoms with Gasteiger partial charge in [-0.05, 0) is 32.1 Å². The van der Waals surface area contributed by atoms with Gasteiger partial charge in [-0.25, -0.2) is 0 Å². The Kier molecular flexibility index (Phi) is 19.0. The fourth-order valence-corrected chi connectivity index (χ4v) is 3.38. The lowest BCUT2D eigenvalue weighted by Crippen LogP contribution is -2.50. The Bertz CT molecular complexity index is 184. The molecule has 0 bridgehead atoms. The Morgan fingerprint density at radius 3 is 1.14 bits per heavy atom. The Morgan fingerprint density at radius 1 is 0.409 bits per heavy atom. The van der Waals surface area contributed by atoms with Crippen molar-refractivity contribution in [2.45, 2.75) is 105 Å². The predicted molar refractivity (Wildman–Crippen MR) is 99.8 cm³/mol. The molecule has 0 saturated heterocycles. The van der Waals surface area contributed by atoms with Gasteiger partial charge in [0.05, 0.1) is 26.2 Å². The van der Waals surface area contributed by atoms with E-state index in [2.05, 4.69) is 27.7 Å². The van der Waals surface area contributed by atoms with E-state index in [0.29, 0.717) is 0 Å². The topological polar surface area (TPSA) is 30.0 Å². The average molecular weight is 316 g/mol. The molecule has 136 valence electrons. The van der Waals surface area contributed by atoms with Crippen LogP contribution in [0.3, 0.4) is 0 Å². The van der Waals surface area contributed by atoms with Crippen LogP contribution in [0, 0.1) is 0 Å². The Labute approximate surface area is 141 Å². The van der Waals surface area contributed by atoms with E-state index in [9.17, 15) is 0 Å². The third kappa shape index (κ3) is 12.5. The maximum Gasteiger partial charge on any atom is 0.0786 e. The molecule has 0 radical (unpaired) electrons. The average Bonchev–Trinajstić information content (AvgIpc) is 2.51. The van der Waals surface area contributed by atoms with Gasteiger partial charge in [0, 0.05) is 0 Å². The molecule has 2 heteroatoms. The monoisotopic (exact) mass is 315 g/mol. The van der Waals surface area contributed by atoms with Crippen molar-refractivity contribution in [2.75, 3.05) is 26.2 Å². The predicted octanol–water partition coefficient (Wildman–Crippen LogP) is 6.39. The first-order chi connectivity index (χ1) is 10.2. The molecule has 0 aliphatic heterocycles. The summed E-state index contributed by atoms with van der Waals surface area (Å²) >= 11 is 0. The molecule has 0 aromatic carbocycles. The normalized spacial score (nSPS) is 11.5. The molecule has 0 aromatic heterocycles. The second kappa shape index (κ2) is 17.3. The zero-order valence-electron chi connectivity index (χ0n) is 16.2. The van der Waals surface area contributed by atoms with Gasteiger partial charge in [-0.2, -0.15) is 0 Å². The van der Waals surface area contributed by atoms with Crippen molar-refractivity contribution in [3.05, 3.63) is 0 Å². The molecular formula is C20H45NO. The summed E-state index contributed by atoms with van der Waals surface area (Å²) in [7, 11) is 0. The summed E-state index contributed by atoms with van der Waals surface area (Å²) in [5.74, 6) is 0. The van der Waals surface area contributed by atoms with Gasteiger partial charge in [0.1, 0.15) is 0 Å². The summed E-state index contributed by atoms with van der Waals surface area (Å²) in [5, 5.41) is 0. The minimum Gasteiger partial charge on any atom is -0.870 e. The van der Waals surface area contributed by atoms with Gasteiger partial charge in [-0.3, -0.25) is 0 Å². The SMILES string of the molecule is CCCCCCCC[N+](CCCC)(CCCC)CCCC.[OH-]. The highest BCUT2D eigenvalue weighted by Gasteiger charge is 2.24. The minimum absolute atomic E-state index is 0. The quantitative estimate of drug-likeness (QED) is 0.240. The van der Waals surface area contributed by atoms with E-state index in [4.69, 9.17) is 0 Å². The minimum atomic E-state index is 0. The Balaban J connectivity index is 0. The van der Waals surface area contributed by atoms with Crippen LogP contribution in [0.4, 0.5) is 0 Å². The number of unbranched alkanes of at least 4 members (excludes halogenated alkanes) is 8. The Morgan fingerprint density at radius 2 is 0.727 bits per heavy atom. The van der Waals surface area contributed by atoms with E-state index in [1.165, 1.54) is 108 Å². The molecule has 0 atom stereocenters. The van der Waals surface area contributed by atoms with Crippen molar-refractivity contribution in [1.82, 2.24) is 0 Å². The lowest BCUT2D eigenvalue weighted by atomic mass is 10.1. The zero-order chi connectivity index (χ0) is 15.8. The van der Waals surface area contributed by atoms with Gasteiger partial charge in [0.2, 0.25) is 0 Å². The van der Waals surface area contributed by atoms with Crippen molar-refractivity contribution < 1.29 is 9.96 Å². The van der Waals surface area contributed by atoms with E-state index in [-0.39, 0.29) is 5.48 Å². The molecule has 2 nitrogen and oxygen atoms in total. The van der Waals surface area contributed by atoms with Crippen molar-refractivity contribution in [1.29, 1.82) is 0 Å². The summed E-state index contributed by atoms with van der Waals surface area (Å²) in [6.45, 7) is 15.1. The molecule has 22 heavy (non-hydrogen) atoms. The number of hydrogen-bond acceptors (Lipinski definition) is 1. The molecular weight excluding hydrogens is 270 g/mol. The molecule has 0 fully saturated rings. The van der Waals surface area contributed by atoms with Crippen molar-refractivity contribution >= 4 is 0 Å². The molecule has 0 amide bonds. The molecule has 0 aromatic rings. The molecule has 0 aliphatic rings. The number of nitrogens with zero attached hydrogens (tertiary/aromatic N) is 1. The van der Waals surface area contributed by atoms with E-state index in [1.807, 2.05) is 0 Å². The third-order valence-corrected chi connectivity index (χ3v) is 4.94. The molecule has 0 unspecified atom stereocenters. The summed E-state index contributed by atoms with van der Waals surface area (Å²) in [6.07, 6.45) is 17.0. The highest BCUT2D eigenvalue weighted by atomic mass is 16.0. The fraction of sp³-hybridized carbons (Fsp3) is 1.00. The van der Waals surface area contributed by atoms with Crippen LogP contribution in [0.15, 0.2) is 0 Å². The highest BCUT2D eigenvalue weighted by Crippen LogP contribution is 2.17. The van der Waals surface area contributed by atoms with Gasteiger partial charge < -0.3 is 9.96 Å². The second-order valence-corrected chi connectivity index (χ2v) is 7.06. The van der Waals surface area contributed by atoms with E-state index in [0.717, 1.165) is 0 Å². The Hall–Kier alpha value is -0.0800. The van der Waals surface area contributed by atoms with Gasteiger partial charge in [0.15, 0.2) is 0 Å². The standard InChI is InChI=1S/C20H44N.H2O/c1-5-9-13-14-15-16-20-21(17-10-6-2,18-11-7-3)19-12-8-4;/h5-20H2,1-4H3;1H2/q+1;/p-1. The molecule has 0 heterocycles. The van der Waals surface area contributed by atoms with Gasteiger partial charge >= 0.3 is 0 Å². The number of hydrogen-bond donors (Lipinski definition) is 0. The van der Waals surface area contributed by atoms with Crippen LogP contribution >= 0.6 is 0 Å². The smallest absolute Gasteiger partial charge is 0.0786 e. The largest absolute Gasteiger partial charge is 0.870 e. The van der Waals surface area contributed by atoms with Crippen molar-refractivity contribution in [3.63, 3.8) is 0 Å². The maximum absolute atomic E-state index is 2.35. The zero-order valence-corrected chi connectivity index (χ0v) is 16.2. The summed E-state index contributed by atoms with van der Waals surface area (Å²) in [4.78, 5) is 0. The maximum atomic E-state index is 2.35. The lowest BCUT2D eigenvalue weighted by molar-refractivity contribution is -0.929. The fourth-order valence-electron chi connectivity index (χ4n) is 3.38. The van der Waals surface area contributed by atoms with Crippen LogP contribution in [-0.2, 0) is 0 Å². The highest BCUT2D eigenvalue weighted by molar-refractivity contribution is 4.51. The summed E-state index contributed by atoms with van der Waals surface area (Å²) in [6, 6.07) is 0. The molecule has 0 saturated carbocycles. The third-order valence-electron chi connectivity index (χ3n) is 4.94. The molecule has 1 N–H and O–H groups in total. The summed E-state index contributed by atoms with van der Waals surface area (Å²) < 4.78 is 1.43. The number of rotatable bonds is 16. The van der Waals surface area contributed by atoms with E-state index in [1.54, 1.807) is 0 Å². The molecule has 0 aliphatic carbocycles.